The molecule has 0 aromatic heterocycles. The molecule has 0 radical (unpaired) electrons. The number of nitrogens with zero attached hydrogens (tertiary/aromatic N) is 1. The van der Waals surface area contributed by atoms with Gasteiger partial charge in [-0.05, 0) is 45.1 Å². The molecule has 0 aliphatic carbocycles. The first-order valence-electron chi connectivity index (χ1n) is 6.22. The number of hydrogen-bond donors (Lipinski definition) is 1. The first-order chi connectivity index (χ1) is 7.18. The van der Waals surface area contributed by atoms with Crippen molar-refractivity contribution >= 4 is 5.91 Å². The van der Waals surface area contributed by atoms with Crippen LogP contribution in [0.5, 0.6) is 0 Å². The van der Waals surface area contributed by atoms with Gasteiger partial charge in [-0.25, -0.2) is 0 Å². The van der Waals surface area contributed by atoms with E-state index in [1.165, 1.54) is 12.8 Å². The minimum absolute atomic E-state index is 0.109. The molecular weight excluding hydrogens is 188 g/mol. The molecule has 0 saturated carbocycles. The van der Waals surface area contributed by atoms with E-state index in [9.17, 15) is 4.79 Å². The van der Waals surface area contributed by atoms with Crippen LogP contribution in [0.2, 0.25) is 0 Å². The van der Waals surface area contributed by atoms with Gasteiger partial charge in [0.1, 0.15) is 0 Å². The van der Waals surface area contributed by atoms with Crippen molar-refractivity contribution in [1.82, 2.24) is 10.2 Å². The summed E-state index contributed by atoms with van der Waals surface area (Å²) in [6.07, 6.45) is 4.60. The number of carbonyl (C=O) groups is 1. The number of nitrogens with one attached hydrogen (secondary N) is 1. The molecule has 86 valence electrons. The lowest BCUT2D eigenvalue weighted by molar-refractivity contribution is -0.137. The predicted molar refractivity (Wildman–Crippen MR) is 60.6 cm³/mol. The Balaban J connectivity index is 1.97. The van der Waals surface area contributed by atoms with Gasteiger partial charge in [0.25, 0.3) is 0 Å². The molecule has 2 aliphatic heterocycles. The van der Waals surface area contributed by atoms with E-state index in [1.807, 2.05) is 0 Å². The van der Waals surface area contributed by atoms with Crippen molar-refractivity contribution in [2.45, 2.75) is 51.6 Å². The average Bonchev–Trinajstić information content (AvgIpc) is 2.74. The third-order valence-corrected chi connectivity index (χ3v) is 3.76. The predicted octanol–water partition coefficient (Wildman–Crippen LogP) is 1.39. The minimum atomic E-state index is 0.109. The summed E-state index contributed by atoms with van der Waals surface area (Å²) in [4.78, 5) is 14.3. The number of likely N-dealkylation sites (tertiary alicyclic amines) is 1. The fourth-order valence-corrected chi connectivity index (χ4v) is 2.69. The molecule has 0 bridgehead atoms. The van der Waals surface area contributed by atoms with Crippen LogP contribution in [-0.4, -0.2) is 36.0 Å². The molecule has 15 heavy (non-hydrogen) atoms. The highest BCUT2D eigenvalue weighted by atomic mass is 16.2. The van der Waals surface area contributed by atoms with Crippen LogP contribution >= 0.6 is 0 Å². The Morgan fingerprint density at radius 2 is 2.07 bits per heavy atom. The molecule has 0 aromatic rings. The van der Waals surface area contributed by atoms with Crippen LogP contribution in [0.1, 0.15) is 39.5 Å². The van der Waals surface area contributed by atoms with E-state index in [-0.39, 0.29) is 6.04 Å². The SMILES string of the molecule is CC1CCC(C)N(C(=O)C2CCCN2)C1. The summed E-state index contributed by atoms with van der Waals surface area (Å²) in [5.41, 5.74) is 0. The summed E-state index contributed by atoms with van der Waals surface area (Å²) in [6.45, 7) is 6.39. The Bertz CT molecular complexity index is 236. The Morgan fingerprint density at radius 3 is 2.73 bits per heavy atom. The van der Waals surface area contributed by atoms with Crippen LogP contribution in [0.15, 0.2) is 0 Å². The van der Waals surface area contributed by atoms with Gasteiger partial charge in [0.2, 0.25) is 5.91 Å². The van der Waals surface area contributed by atoms with Crippen LogP contribution in [0, 0.1) is 5.92 Å². The minimum Gasteiger partial charge on any atom is -0.338 e. The molecule has 3 nitrogen and oxygen atoms in total. The molecule has 2 rings (SSSR count). The number of carbonyl (C=O) groups excluding carboxylic acids is 1. The zero-order valence-corrected chi connectivity index (χ0v) is 9.83. The van der Waals surface area contributed by atoms with Crippen molar-refractivity contribution in [1.29, 1.82) is 0 Å². The van der Waals surface area contributed by atoms with Gasteiger partial charge in [0.05, 0.1) is 6.04 Å². The van der Waals surface area contributed by atoms with Gasteiger partial charge in [-0.1, -0.05) is 6.92 Å². The lowest BCUT2D eigenvalue weighted by Crippen LogP contribution is -2.51. The van der Waals surface area contributed by atoms with Gasteiger partial charge in [-0.3, -0.25) is 4.79 Å². The van der Waals surface area contributed by atoms with E-state index in [2.05, 4.69) is 24.1 Å². The highest BCUT2D eigenvalue weighted by molar-refractivity contribution is 5.82. The lowest BCUT2D eigenvalue weighted by Gasteiger charge is -2.38. The third kappa shape index (κ3) is 2.33. The lowest BCUT2D eigenvalue weighted by atomic mass is 9.94. The van der Waals surface area contributed by atoms with Crippen LogP contribution < -0.4 is 5.32 Å². The highest BCUT2D eigenvalue weighted by Crippen LogP contribution is 2.23. The maximum Gasteiger partial charge on any atom is 0.239 e. The van der Waals surface area contributed by atoms with Crippen LogP contribution in [0.4, 0.5) is 0 Å². The Hall–Kier alpha value is -0.570. The standard InChI is InChI=1S/C12H22N2O/c1-9-5-6-10(2)14(8-9)12(15)11-4-3-7-13-11/h9-11,13H,3-8H2,1-2H3. The third-order valence-electron chi connectivity index (χ3n) is 3.76. The fraction of sp³-hybridized carbons (Fsp3) is 0.917. The van der Waals surface area contributed by atoms with Gasteiger partial charge in [-0.2, -0.15) is 0 Å². The topological polar surface area (TPSA) is 32.3 Å². The van der Waals surface area contributed by atoms with E-state index in [0.717, 1.165) is 25.9 Å². The van der Waals surface area contributed by atoms with Gasteiger partial charge >= 0.3 is 0 Å². The number of amides is 1. The van der Waals surface area contributed by atoms with E-state index in [1.54, 1.807) is 0 Å². The normalized spacial score (nSPS) is 36.9. The van der Waals surface area contributed by atoms with Crippen molar-refractivity contribution in [3.8, 4) is 0 Å². The van der Waals surface area contributed by atoms with E-state index in [4.69, 9.17) is 0 Å². The number of piperidine rings is 1. The monoisotopic (exact) mass is 210 g/mol. The van der Waals surface area contributed by atoms with E-state index < -0.39 is 0 Å². The van der Waals surface area contributed by atoms with Crippen LogP contribution in [0.3, 0.4) is 0 Å². The second-order valence-corrected chi connectivity index (χ2v) is 5.17. The summed E-state index contributed by atoms with van der Waals surface area (Å²) in [5.74, 6) is 1.01. The molecular formula is C12H22N2O. The number of hydrogen-bond acceptors (Lipinski definition) is 2. The second kappa shape index (κ2) is 4.52. The largest absolute Gasteiger partial charge is 0.338 e. The van der Waals surface area contributed by atoms with E-state index in [0.29, 0.717) is 17.9 Å². The molecule has 0 aromatic carbocycles. The van der Waals surface area contributed by atoms with Crippen LogP contribution in [0.25, 0.3) is 0 Å². The summed E-state index contributed by atoms with van der Waals surface area (Å²) < 4.78 is 0. The van der Waals surface area contributed by atoms with E-state index >= 15 is 0 Å². The molecule has 2 aliphatic rings. The molecule has 0 spiro atoms. The summed E-state index contributed by atoms with van der Waals surface area (Å²) in [6, 6.07) is 0.550. The molecule has 1 amide bonds. The molecule has 3 heteroatoms. The van der Waals surface area contributed by atoms with Gasteiger partial charge in [-0.15, -0.1) is 0 Å². The molecule has 3 unspecified atom stereocenters. The molecule has 2 saturated heterocycles. The summed E-state index contributed by atoms with van der Waals surface area (Å²) in [7, 11) is 0. The van der Waals surface area contributed by atoms with Gasteiger partial charge in [0, 0.05) is 12.6 Å². The molecule has 2 fully saturated rings. The zero-order chi connectivity index (χ0) is 10.8. The molecule has 2 heterocycles. The fourth-order valence-electron chi connectivity index (χ4n) is 2.69. The van der Waals surface area contributed by atoms with Gasteiger partial charge < -0.3 is 10.2 Å². The maximum atomic E-state index is 12.2. The summed E-state index contributed by atoms with van der Waals surface area (Å²) in [5, 5.41) is 3.30. The molecule has 3 atom stereocenters. The zero-order valence-electron chi connectivity index (χ0n) is 9.83. The first-order valence-corrected chi connectivity index (χ1v) is 6.22. The van der Waals surface area contributed by atoms with Crippen molar-refractivity contribution in [3.05, 3.63) is 0 Å². The first kappa shape index (κ1) is 10.9. The van der Waals surface area contributed by atoms with Crippen molar-refractivity contribution in [3.63, 3.8) is 0 Å². The Morgan fingerprint density at radius 1 is 1.27 bits per heavy atom. The average molecular weight is 210 g/mol. The van der Waals surface area contributed by atoms with Crippen LogP contribution in [-0.2, 0) is 4.79 Å². The summed E-state index contributed by atoms with van der Waals surface area (Å²) >= 11 is 0. The smallest absolute Gasteiger partial charge is 0.239 e. The van der Waals surface area contributed by atoms with Gasteiger partial charge in [0.15, 0.2) is 0 Å². The second-order valence-electron chi connectivity index (χ2n) is 5.17. The van der Waals surface area contributed by atoms with Crippen molar-refractivity contribution < 1.29 is 4.79 Å². The molecule has 1 N–H and O–H groups in total. The maximum absolute atomic E-state index is 12.2. The van der Waals surface area contributed by atoms with Crippen molar-refractivity contribution in [2.75, 3.05) is 13.1 Å². The Kier molecular flexibility index (Phi) is 3.29. The van der Waals surface area contributed by atoms with Crippen molar-refractivity contribution in [2.24, 2.45) is 5.92 Å². The Labute approximate surface area is 92.2 Å². The highest BCUT2D eigenvalue weighted by Gasteiger charge is 2.32. The quantitative estimate of drug-likeness (QED) is 0.709. The number of rotatable bonds is 1.